The maximum Gasteiger partial charge on any atom is 0.295 e. The number of hydrogen-bond acceptors (Lipinski definition) is 3. The Kier molecular flexibility index (Phi) is 5.64. The summed E-state index contributed by atoms with van der Waals surface area (Å²) in [6.07, 6.45) is 0. The van der Waals surface area contributed by atoms with Gasteiger partial charge in [0.15, 0.2) is 0 Å². The van der Waals surface area contributed by atoms with Gasteiger partial charge in [-0.1, -0.05) is 78.3 Å². The van der Waals surface area contributed by atoms with E-state index in [9.17, 15) is 19.1 Å². The third-order valence-corrected chi connectivity index (χ3v) is 6.26. The highest BCUT2D eigenvalue weighted by molar-refractivity contribution is 6.46. The van der Waals surface area contributed by atoms with Crippen molar-refractivity contribution in [2.75, 3.05) is 0 Å². The van der Waals surface area contributed by atoms with Crippen LogP contribution in [0.3, 0.4) is 0 Å². The second-order valence-electron chi connectivity index (χ2n) is 8.13. The molecule has 1 unspecified atom stereocenters. The number of Topliss-reactive ketones (excluding diaryl/α,β-unsaturated/α-hetero) is 1. The predicted octanol–water partition coefficient (Wildman–Crippen LogP) is 6.25. The number of halogens is 2. The minimum absolute atomic E-state index is 0.00858. The van der Waals surface area contributed by atoms with E-state index in [-0.39, 0.29) is 17.9 Å². The number of rotatable bonds is 4. The Morgan fingerprint density at radius 3 is 2.38 bits per heavy atom. The summed E-state index contributed by atoms with van der Waals surface area (Å²) in [6, 6.07) is 24.7. The van der Waals surface area contributed by atoms with E-state index in [4.69, 9.17) is 11.6 Å². The second-order valence-corrected chi connectivity index (χ2v) is 8.57. The number of aliphatic hydroxyl groups is 1. The largest absolute Gasteiger partial charge is 0.507 e. The topological polar surface area (TPSA) is 57.6 Å². The highest BCUT2D eigenvalue weighted by Crippen LogP contribution is 2.42. The number of likely N-dealkylation sites (tertiary alicyclic amines) is 1. The van der Waals surface area contributed by atoms with Gasteiger partial charge in [-0.15, -0.1) is 0 Å². The Balaban J connectivity index is 1.73. The highest BCUT2D eigenvalue weighted by Gasteiger charge is 2.46. The summed E-state index contributed by atoms with van der Waals surface area (Å²) in [5.74, 6) is -2.19. The molecule has 1 saturated heterocycles. The van der Waals surface area contributed by atoms with E-state index in [2.05, 4.69) is 0 Å². The minimum atomic E-state index is -0.838. The average Bonchev–Trinajstić information content (AvgIpc) is 3.09. The molecule has 4 aromatic carbocycles. The number of ketones is 1. The van der Waals surface area contributed by atoms with Gasteiger partial charge in [0.05, 0.1) is 11.6 Å². The van der Waals surface area contributed by atoms with Crippen molar-refractivity contribution in [2.24, 2.45) is 0 Å². The first-order valence-electron chi connectivity index (χ1n) is 10.7. The van der Waals surface area contributed by atoms with Crippen LogP contribution in [0.15, 0.2) is 96.6 Å². The molecule has 1 aliphatic rings. The van der Waals surface area contributed by atoms with Crippen molar-refractivity contribution in [1.29, 1.82) is 0 Å². The van der Waals surface area contributed by atoms with Crippen LogP contribution in [-0.2, 0) is 16.1 Å². The van der Waals surface area contributed by atoms with E-state index >= 15 is 0 Å². The molecule has 6 heteroatoms. The van der Waals surface area contributed by atoms with E-state index in [0.717, 1.165) is 10.8 Å². The average molecular weight is 472 g/mol. The van der Waals surface area contributed by atoms with Crippen LogP contribution < -0.4 is 0 Å². The molecule has 1 N–H and O–H groups in total. The minimum Gasteiger partial charge on any atom is -0.507 e. The third kappa shape index (κ3) is 3.84. The Labute approximate surface area is 200 Å². The summed E-state index contributed by atoms with van der Waals surface area (Å²) in [7, 11) is 0. The fourth-order valence-corrected chi connectivity index (χ4v) is 4.62. The summed E-state index contributed by atoms with van der Waals surface area (Å²) in [6.45, 7) is 0.0745. The molecule has 168 valence electrons. The first-order chi connectivity index (χ1) is 16.4. The van der Waals surface area contributed by atoms with Gasteiger partial charge >= 0.3 is 0 Å². The van der Waals surface area contributed by atoms with Crippen LogP contribution >= 0.6 is 11.6 Å². The fraction of sp³-hybridized carbons (Fsp3) is 0.0714. The number of hydrogen-bond donors (Lipinski definition) is 1. The van der Waals surface area contributed by atoms with Crippen molar-refractivity contribution in [2.45, 2.75) is 12.6 Å². The number of fused-ring (bicyclic) bond motifs is 1. The maximum absolute atomic E-state index is 13.5. The normalized spacial score (nSPS) is 17.5. The summed E-state index contributed by atoms with van der Waals surface area (Å²) < 4.78 is 13.5. The summed E-state index contributed by atoms with van der Waals surface area (Å²) in [5, 5.41) is 13.4. The lowest BCUT2D eigenvalue weighted by atomic mass is 9.91. The SMILES string of the molecule is O=C1C(=O)N(Cc2ccc(F)cc2)C(c2cccc3ccccc23)/C1=C(/O)c1cccc(Cl)c1. The molecule has 34 heavy (non-hydrogen) atoms. The van der Waals surface area contributed by atoms with Gasteiger partial charge < -0.3 is 10.0 Å². The van der Waals surface area contributed by atoms with Crippen LogP contribution in [0, 0.1) is 5.82 Å². The summed E-state index contributed by atoms with van der Waals surface area (Å²) >= 11 is 6.11. The molecule has 1 atom stereocenters. The molecule has 0 saturated carbocycles. The van der Waals surface area contributed by atoms with E-state index < -0.39 is 23.5 Å². The Morgan fingerprint density at radius 1 is 0.912 bits per heavy atom. The highest BCUT2D eigenvalue weighted by atomic mass is 35.5. The van der Waals surface area contributed by atoms with Gasteiger partial charge in [0.25, 0.3) is 11.7 Å². The molecule has 1 heterocycles. The molecule has 1 fully saturated rings. The number of benzene rings is 4. The van der Waals surface area contributed by atoms with Gasteiger partial charge in [-0.05, 0) is 46.2 Å². The van der Waals surface area contributed by atoms with Crippen LogP contribution in [0.2, 0.25) is 5.02 Å². The molecular weight excluding hydrogens is 453 g/mol. The molecule has 0 bridgehead atoms. The van der Waals surface area contributed by atoms with Crippen molar-refractivity contribution in [1.82, 2.24) is 4.90 Å². The molecule has 1 aliphatic heterocycles. The van der Waals surface area contributed by atoms with E-state index in [1.807, 2.05) is 42.5 Å². The molecule has 0 radical (unpaired) electrons. The zero-order valence-electron chi connectivity index (χ0n) is 17.9. The third-order valence-electron chi connectivity index (χ3n) is 6.02. The monoisotopic (exact) mass is 471 g/mol. The molecule has 0 aliphatic carbocycles. The first kappa shape index (κ1) is 21.9. The van der Waals surface area contributed by atoms with Crippen molar-refractivity contribution in [3.63, 3.8) is 0 Å². The molecule has 0 spiro atoms. The first-order valence-corrected chi connectivity index (χ1v) is 11.1. The van der Waals surface area contributed by atoms with Gasteiger partial charge in [-0.25, -0.2) is 4.39 Å². The van der Waals surface area contributed by atoms with Crippen LogP contribution in [-0.4, -0.2) is 21.7 Å². The molecular formula is C28H19ClFNO3. The maximum atomic E-state index is 13.5. The fourth-order valence-electron chi connectivity index (χ4n) is 4.43. The van der Waals surface area contributed by atoms with Gasteiger partial charge in [-0.3, -0.25) is 9.59 Å². The molecule has 1 amide bonds. The van der Waals surface area contributed by atoms with Gasteiger partial charge in [0.1, 0.15) is 11.6 Å². The molecule has 4 nitrogen and oxygen atoms in total. The van der Waals surface area contributed by atoms with Crippen molar-refractivity contribution in [3.05, 3.63) is 124 Å². The molecule has 4 aromatic rings. The number of amides is 1. The zero-order valence-corrected chi connectivity index (χ0v) is 18.7. The summed E-state index contributed by atoms with van der Waals surface area (Å²) in [5.41, 5.74) is 1.71. The van der Waals surface area contributed by atoms with Crippen molar-refractivity contribution < 1.29 is 19.1 Å². The van der Waals surface area contributed by atoms with Crippen LogP contribution in [0.5, 0.6) is 0 Å². The molecule has 0 aromatic heterocycles. The number of aliphatic hydroxyl groups excluding tert-OH is 1. The predicted molar refractivity (Wildman–Crippen MR) is 130 cm³/mol. The number of nitrogens with zero attached hydrogens (tertiary/aromatic N) is 1. The van der Waals surface area contributed by atoms with Crippen molar-refractivity contribution in [3.8, 4) is 0 Å². The van der Waals surface area contributed by atoms with Crippen LogP contribution in [0.1, 0.15) is 22.7 Å². The number of carbonyl (C=O) groups excluding carboxylic acids is 2. The lowest BCUT2D eigenvalue weighted by Crippen LogP contribution is -2.29. The van der Waals surface area contributed by atoms with E-state index in [0.29, 0.717) is 21.7 Å². The Bertz CT molecular complexity index is 1460. The smallest absolute Gasteiger partial charge is 0.295 e. The quantitative estimate of drug-likeness (QED) is 0.217. The Morgan fingerprint density at radius 2 is 1.62 bits per heavy atom. The van der Waals surface area contributed by atoms with Gasteiger partial charge in [-0.2, -0.15) is 0 Å². The van der Waals surface area contributed by atoms with Gasteiger partial charge in [0, 0.05) is 17.1 Å². The van der Waals surface area contributed by atoms with Crippen LogP contribution in [0.25, 0.3) is 16.5 Å². The van der Waals surface area contributed by atoms with Crippen LogP contribution in [0.4, 0.5) is 4.39 Å². The standard InChI is InChI=1S/C28H19ClFNO3/c29-20-8-3-7-19(15-20)26(32)24-25(23-10-4-6-18-5-1-2-9-22(18)23)31(28(34)27(24)33)16-17-11-13-21(30)14-12-17/h1-15,25,32H,16H2/b26-24-. The molecule has 5 rings (SSSR count). The number of carbonyl (C=O) groups is 2. The van der Waals surface area contributed by atoms with Crippen molar-refractivity contribution >= 4 is 39.8 Å². The zero-order chi connectivity index (χ0) is 23.8. The van der Waals surface area contributed by atoms with E-state index in [1.165, 1.54) is 17.0 Å². The Hall–Kier alpha value is -3.96. The lowest BCUT2D eigenvalue weighted by molar-refractivity contribution is -0.140. The van der Waals surface area contributed by atoms with E-state index in [1.54, 1.807) is 36.4 Å². The second kappa shape index (κ2) is 8.76. The lowest BCUT2D eigenvalue weighted by Gasteiger charge is -2.26. The summed E-state index contributed by atoms with van der Waals surface area (Å²) in [4.78, 5) is 27.9. The van der Waals surface area contributed by atoms with Gasteiger partial charge in [0.2, 0.25) is 0 Å².